The minimum atomic E-state index is -4.52. The summed E-state index contributed by atoms with van der Waals surface area (Å²) in [7, 11) is 1.50. The number of halogens is 3. The minimum absolute atomic E-state index is 0.000920. The van der Waals surface area contributed by atoms with E-state index in [1.54, 1.807) is 0 Å². The molecule has 2 amide bonds. The first-order valence-electron chi connectivity index (χ1n) is 8.04. The molecule has 0 bridgehead atoms. The summed E-state index contributed by atoms with van der Waals surface area (Å²) in [5, 5.41) is 13.1. The number of hydrogen-bond donors (Lipinski definition) is 2. The van der Waals surface area contributed by atoms with E-state index in [0.29, 0.717) is 19.4 Å². The minimum Gasteiger partial charge on any atom is -0.388 e. The number of benzene rings is 1. The molecular formula is C17H21F3N2O3. The number of aliphatic hydroxyl groups is 1. The van der Waals surface area contributed by atoms with Gasteiger partial charge in [0.2, 0.25) is 5.91 Å². The lowest BCUT2D eigenvalue weighted by atomic mass is 9.88. The largest absolute Gasteiger partial charge is 0.416 e. The van der Waals surface area contributed by atoms with Crippen LogP contribution in [0.15, 0.2) is 24.3 Å². The van der Waals surface area contributed by atoms with Crippen molar-refractivity contribution in [1.29, 1.82) is 0 Å². The van der Waals surface area contributed by atoms with Crippen molar-refractivity contribution in [2.45, 2.75) is 37.5 Å². The van der Waals surface area contributed by atoms with E-state index in [0.717, 1.165) is 12.1 Å². The average molecular weight is 358 g/mol. The van der Waals surface area contributed by atoms with Gasteiger partial charge in [0.05, 0.1) is 11.2 Å². The smallest absolute Gasteiger partial charge is 0.388 e. The van der Waals surface area contributed by atoms with Crippen LogP contribution in [0.25, 0.3) is 0 Å². The van der Waals surface area contributed by atoms with Crippen molar-refractivity contribution in [3.05, 3.63) is 35.4 Å². The molecule has 1 saturated heterocycles. The van der Waals surface area contributed by atoms with E-state index < -0.39 is 23.2 Å². The summed E-state index contributed by atoms with van der Waals surface area (Å²) >= 11 is 0. The van der Waals surface area contributed by atoms with Crippen LogP contribution < -0.4 is 5.32 Å². The van der Waals surface area contributed by atoms with Crippen LogP contribution in [0.1, 0.15) is 41.6 Å². The van der Waals surface area contributed by atoms with E-state index in [1.807, 2.05) is 0 Å². The Morgan fingerprint density at radius 3 is 2.72 bits per heavy atom. The molecule has 1 aliphatic rings. The molecule has 5 nitrogen and oxygen atoms in total. The molecule has 0 unspecified atom stereocenters. The van der Waals surface area contributed by atoms with Crippen LogP contribution in [0.3, 0.4) is 0 Å². The lowest BCUT2D eigenvalue weighted by Crippen LogP contribution is -2.50. The first-order valence-corrected chi connectivity index (χ1v) is 8.04. The van der Waals surface area contributed by atoms with Gasteiger partial charge in [-0.15, -0.1) is 0 Å². The number of rotatable bonds is 4. The third kappa shape index (κ3) is 4.94. The highest BCUT2D eigenvalue weighted by molar-refractivity contribution is 5.94. The van der Waals surface area contributed by atoms with Crippen molar-refractivity contribution in [3.63, 3.8) is 0 Å². The number of hydrogen-bond acceptors (Lipinski definition) is 3. The van der Waals surface area contributed by atoms with Gasteiger partial charge in [-0.3, -0.25) is 9.59 Å². The van der Waals surface area contributed by atoms with Gasteiger partial charge in [-0.2, -0.15) is 13.2 Å². The van der Waals surface area contributed by atoms with E-state index in [-0.39, 0.29) is 30.9 Å². The van der Waals surface area contributed by atoms with Gasteiger partial charge < -0.3 is 15.3 Å². The topological polar surface area (TPSA) is 69.6 Å². The third-order valence-corrected chi connectivity index (χ3v) is 4.38. The van der Waals surface area contributed by atoms with Crippen LogP contribution >= 0.6 is 0 Å². The highest BCUT2D eigenvalue weighted by atomic mass is 19.4. The van der Waals surface area contributed by atoms with Gasteiger partial charge in [0.1, 0.15) is 0 Å². The van der Waals surface area contributed by atoms with E-state index in [9.17, 15) is 27.9 Å². The van der Waals surface area contributed by atoms with Crippen LogP contribution in [-0.4, -0.2) is 47.6 Å². The van der Waals surface area contributed by atoms with Gasteiger partial charge in [-0.25, -0.2) is 0 Å². The number of likely N-dealkylation sites (tertiary alicyclic amines) is 1. The Morgan fingerprint density at radius 1 is 1.36 bits per heavy atom. The maximum absolute atomic E-state index is 12.8. The molecule has 8 heteroatoms. The SMILES string of the molecule is CNC(=O)CC[C@]1(O)CCCN(C(=O)c2cccc(C(F)(F)F)c2)C1. The van der Waals surface area contributed by atoms with E-state index in [4.69, 9.17) is 0 Å². The van der Waals surface area contributed by atoms with Gasteiger partial charge >= 0.3 is 6.18 Å². The predicted octanol–water partition coefficient (Wildman–Crippen LogP) is 2.20. The Balaban J connectivity index is 2.10. The van der Waals surface area contributed by atoms with Gasteiger partial charge in [0.15, 0.2) is 0 Å². The summed E-state index contributed by atoms with van der Waals surface area (Å²) in [6.07, 6.45) is -3.24. The molecule has 2 rings (SSSR count). The highest BCUT2D eigenvalue weighted by Gasteiger charge is 2.36. The molecule has 2 N–H and O–H groups in total. The summed E-state index contributed by atoms with van der Waals surface area (Å²) in [6.45, 7) is 0.358. The van der Waals surface area contributed by atoms with Gasteiger partial charge in [-0.1, -0.05) is 6.07 Å². The van der Waals surface area contributed by atoms with Crippen molar-refractivity contribution in [2.24, 2.45) is 0 Å². The number of amides is 2. The second kappa shape index (κ2) is 7.43. The number of carbonyl (C=O) groups is 2. The number of β-amino-alcohol motifs (C(OH)–C–C–N with tert-alkyl or cyclic N) is 1. The fraction of sp³-hybridized carbons (Fsp3) is 0.529. The Labute approximate surface area is 143 Å². The normalized spacial score (nSPS) is 21.1. The maximum atomic E-state index is 12.8. The molecule has 0 spiro atoms. The van der Waals surface area contributed by atoms with Crippen LogP contribution in [-0.2, 0) is 11.0 Å². The summed E-state index contributed by atoms with van der Waals surface area (Å²) < 4.78 is 38.4. The Hall–Kier alpha value is -2.09. The number of nitrogens with one attached hydrogen (secondary N) is 1. The molecule has 0 saturated carbocycles. The quantitative estimate of drug-likeness (QED) is 0.867. The van der Waals surface area contributed by atoms with Crippen molar-refractivity contribution >= 4 is 11.8 Å². The second-order valence-electron chi connectivity index (χ2n) is 6.31. The second-order valence-corrected chi connectivity index (χ2v) is 6.31. The molecule has 1 aromatic carbocycles. The molecule has 138 valence electrons. The molecule has 1 fully saturated rings. The zero-order valence-electron chi connectivity index (χ0n) is 13.9. The zero-order valence-corrected chi connectivity index (χ0v) is 13.9. The lowest BCUT2D eigenvalue weighted by Gasteiger charge is -2.39. The first-order chi connectivity index (χ1) is 11.6. The van der Waals surface area contributed by atoms with Crippen molar-refractivity contribution in [2.75, 3.05) is 20.1 Å². The summed E-state index contributed by atoms with van der Waals surface area (Å²) in [5.74, 6) is -0.765. The molecule has 1 atom stereocenters. The third-order valence-electron chi connectivity index (χ3n) is 4.38. The van der Waals surface area contributed by atoms with E-state index in [1.165, 1.54) is 24.1 Å². The molecule has 25 heavy (non-hydrogen) atoms. The Morgan fingerprint density at radius 2 is 2.08 bits per heavy atom. The van der Waals surface area contributed by atoms with Gasteiger partial charge in [0.25, 0.3) is 5.91 Å². The molecular weight excluding hydrogens is 337 g/mol. The highest BCUT2D eigenvalue weighted by Crippen LogP contribution is 2.31. The fourth-order valence-corrected chi connectivity index (χ4v) is 2.97. The van der Waals surface area contributed by atoms with E-state index >= 15 is 0 Å². The van der Waals surface area contributed by atoms with Crippen molar-refractivity contribution in [3.8, 4) is 0 Å². The van der Waals surface area contributed by atoms with Crippen LogP contribution in [0.5, 0.6) is 0 Å². The van der Waals surface area contributed by atoms with Gasteiger partial charge in [-0.05, 0) is 37.5 Å². The molecule has 0 radical (unpaired) electrons. The van der Waals surface area contributed by atoms with Crippen molar-refractivity contribution < 1.29 is 27.9 Å². The van der Waals surface area contributed by atoms with E-state index in [2.05, 4.69) is 5.32 Å². The average Bonchev–Trinajstić information content (AvgIpc) is 2.58. The standard InChI is InChI=1S/C17H21F3N2O3/c1-21-14(23)6-8-16(25)7-3-9-22(11-16)15(24)12-4-2-5-13(10-12)17(18,19)20/h2,4-5,10,25H,3,6-9,11H2,1H3,(H,21,23)/t16-/m1/s1. The molecule has 1 aliphatic heterocycles. The lowest BCUT2D eigenvalue weighted by molar-refractivity contribution is -0.137. The summed E-state index contributed by atoms with van der Waals surface area (Å²) in [4.78, 5) is 25.2. The Kier molecular flexibility index (Phi) is 5.72. The number of piperidine rings is 1. The van der Waals surface area contributed by atoms with Crippen LogP contribution in [0.4, 0.5) is 13.2 Å². The number of nitrogens with zero attached hydrogens (tertiary/aromatic N) is 1. The molecule has 1 aromatic rings. The van der Waals surface area contributed by atoms with Crippen LogP contribution in [0, 0.1) is 0 Å². The first kappa shape index (κ1) is 19.2. The van der Waals surface area contributed by atoms with Crippen molar-refractivity contribution in [1.82, 2.24) is 10.2 Å². The fourth-order valence-electron chi connectivity index (χ4n) is 2.97. The summed E-state index contributed by atoms with van der Waals surface area (Å²) in [5.41, 5.74) is -2.15. The van der Waals surface area contributed by atoms with Gasteiger partial charge in [0, 0.05) is 32.1 Å². The number of alkyl halides is 3. The Bertz CT molecular complexity index is 648. The number of carbonyl (C=O) groups excluding carboxylic acids is 2. The molecule has 0 aliphatic carbocycles. The maximum Gasteiger partial charge on any atom is 0.416 e. The zero-order chi connectivity index (χ0) is 18.7. The molecule has 0 aromatic heterocycles. The predicted molar refractivity (Wildman–Crippen MR) is 84.8 cm³/mol. The molecule has 1 heterocycles. The van der Waals surface area contributed by atoms with Crippen LogP contribution in [0.2, 0.25) is 0 Å². The summed E-state index contributed by atoms with van der Waals surface area (Å²) in [6, 6.07) is 4.25. The monoisotopic (exact) mass is 358 g/mol.